The third-order valence-electron chi connectivity index (χ3n) is 3.86. The molecule has 1 fully saturated rings. The highest BCUT2D eigenvalue weighted by Crippen LogP contribution is 2.27. The van der Waals surface area contributed by atoms with E-state index in [-0.39, 0.29) is 18.5 Å². The molecular formula is C14H20N2O6S. The van der Waals surface area contributed by atoms with E-state index >= 15 is 0 Å². The Kier molecular flexibility index (Phi) is 5.10. The number of nitrogens with one attached hydrogen (secondary N) is 1. The van der Waals surface area contributed by atoms with Crippen LogP contribution in [-0.2, 0) is 14.8 Å². The Hall–Kier alpha value is -1.87. The number of carbonyl (C=O) groups is 2. The van der Waals surface area contributed by atoms with Crippen molar-refractivity contribution in [1.82, 2.24) is 9.62 Å². The summed E-state index contributed by atoms with van der Waals surface area (Å²) in [4.78, 5) is 23.1. The first-order valence-electron chi connectivity index (χ1n) is 7.42. The van der Waals surface area contributed by atoms with Crippen LogP contribution in [0.5, 0.6) is 0 Å². The minimum atomic E-state index is -4.05. The smallest absolute Gasteiger partial charge is 0.371 e. The average Bonchev–Trinajstić information content (AvgIpc) is 3.16. The molecule has 2 unspecified atom stereocenters. The van der Waals surface area contributed by atoms with Gasteiger partial charge in [0.2, 0.25) is 16.8 Å². The van der Waals surface area contributed by atoms with E-state index in [1.165, 1.54) is 0 Å². The van der Waals surface area contributed by atoms with Gasteiger partial charge in [-0.2, -0.15) is 4.31 Å². The summed E-state index contributed by atoms with van der Waals surface area (Å²) in [5.74, 6) is -2.15. The van der Waals surface area contributed by atoms with Gasteiger partial charge in [0.25, 0.3) is 10.0 Å². The first-order chi connectivity index (χ1) is 10.8. The topological polar surface area (TPSA) is 117 Å². The molecule has 23 heavy (non-hydrogen) atoms. The number of amides is 1. The van der Waals surface area contributed by atoms with Gasteiger partial charge >= 0.3 is 5.97 Å². The first-order valence-corrected chi connectivity index (χ1v) is 8.86. The zero-order valence-electron chi connectivity index (χ0n) is 13.0. The molecule has 0 bridgehead atoms. The number of aromatic carboxylic acids is 1. The zero-order chi connectivity index (χ0) is 17.2. The van der Waals surface area contributed by atoms with Crippen molar-refractivity contribution in [2.75, 3.05) is 6.54 Å². The molecule has 0 saturated carbocycles. The lowest BCUT2D eigenvalue weighted by atomic mass is 10.2. The fraction of sp³-hybridized carbons (Fsp3) is 0.571. The van der Waals surface area contributed by atoms with Gasteiger partial charge in [0.05, 0.1) is 0 Å². The molecular weight excluding hydrogens is 324 g/mol. The molecule has 1 aliphatic rings. The highest BCUT2D eigenvalue weighted by atomic mass is 32.2. The van der Waals surface area contributed by atoms with Crippen molar-refractivity contribution in [3.8, 4) is 0 Å². The molecule has 2 heterocycles. The predicted octanol–water partition coefficient (Wildman–Crippen LogP) is 1.05. The van der Waals surface area contributed by atoms with Crippen LogP contribution in [0.1, 0.15) is 43.7 Å². The molecule has 9 heteroatoms. The quantitative estimate of drug-likeness (QED) is 0.796. The second-order valence-corrected chi connectivity index (χ2v) is 7.34. The standard InChI is InChI=1S/C14H20N2O6S/c1-3-9(2)15-13(17)10-5-4-8-16(10)23(20,21)12-7-6-11(22-12)14(18)19/h6-7,9-10H,3-5,8H2,1-2H3,(H,15,17)(H,18,19). The van der Waals surface area contributed by atoms with Crippen LogP contribution in [0, 0.1) is 0 Å². The van der Waals surface area contributed by atoms with Crippen LogP contribution in [0.15, 0.2) is 21.6 Å². The Balaban J connectivity index is 2.23. The van der Waals surface area contributed by atoms with Crippen molar-refractivity contribution < 1.29 is 27.5 Å². The number of hydrogen-bond acceptors (Lipinski definition) is 5. The van der Waals surface area contributed by atoms with E-state index in [1.54, 1.807) is 0 Å². The Morgan fingerprint density at radius 2 is 2.17 bits per heavy atom. The lowest BCUT2D eigenvalue weighted by Crippen LogP contribution is -2.48. The normalized spacial score (nSPS) is 20.3. The van der Waals surface area contributed by atoms with Gasteiger partial charge in [-0.3, -0.25) is 4.79 Å². The molecule has 0 spiro atoms. The number of carboxylic acids is 1. The van der Waals surface area contributed by atoms with E-state index in [0.717, 1.165) is 22.9 Å². The van der Waals surface area contributed by atoms with Gasteiger partial charge in [-0.15, -0.1) is 0 Å². The zero-order valence-corrected chi connectivity index (χ0v) is 13.8. The van der Waals surface area contributed by atoms with E-state index < -0.39 is 32.9 Å². The van der Waals surface area contributed by atoms with Crippen LogP contribution in [0.2, 0.25) is 0 Å². The van der Waals surface area contributed by atoms with E-state index in [9.17, 15) is 18.0 Å². The molecule has 0 radical (unpaired) electrons. The molecule has 0 aromatic carbocycles. The van der Waals surface area contributed by atoms with Gasteiger partial charge in [0.15, 0.2) is 0 Å². The second kappa shape index (κ2) is 6.71. The van der Waals surface area contributed by atoms with Gasteiger partial charge in [0.1, 0.15) is 6.04 Å². The maximum Gasteiger partial charge on any atom is 0.371 e. The number of carboxylic acid groups (broad SMARTS) is 1. The van der Waals surface area contributed by atoms with E-state index in [1.807, 2.05) is 13.8 Å². The van der Waals surface area contributed by atoms with Gasteiger partial charge in [-0.05, 0) is 38.3 Å². The number of hydrogen-bond donors (Lipinski definition) is 2. The van der Waals surface area contributed by atoms with E-state index in [0.29, 0.717) is 12.8 Å². The molecule has 2 rings (SSSR count). The summed E-state index contributed by atoms with van der Waals surface area (Å²) in [7, 11) is -4.05. The number of carbonyl (C=O) groups excluding carboxylic acids is 1. The van der Waals surface area contributed by atoms with Gasteiger partial charge in [0, 0.05) is 12.6 Å². The molecule has 1 aromatic heterocycles. The highest BCUT2D eigenvalue weighted by Gasteiger charge is 2.41. The molecule has 2 atom stereocenters. The molecule has 1 amide bonds. The molecule has 0 aliphatic carbocycles. The Labute approximate surface area is 134 Å². The summed E-state index contributed by atoms with van der Waals surface area (Å²) in [5.41, 5.74) is 0. The summed E-state index contributed by atoms with van der Waals surface area (Å²) in [6.07, 6.45) is 1.73. The molecule has 128 valence electrons. The van der Waals surface area contributed by atoms with Crippen LogP contribution in [0.25, 0.3) is 0 Å². The molecule has 1 aromatic rings. The lowest BCUT2D eigenvalue weighted by Gasteiger charge is -2.23. The highest BCUT2D eigenvalue weighted by molar-refractivity contribution is 7.89. The third kappa shape index (κ3) is 3.56. The summed E-state index contributed by atoms with van der Waals surface area (Å²) in [6.45, 7) is 3.96. The van der Waals surface area contributed by atoms with Crippen molar-refractivity contribution >= 4 is 21.9 Å². The average molecular weight is 344 g/mol. The number of nitrogens with zero attached hydrogens (tertiary/aromatic N) is 1. The Morgan fingerprint density at radius 1 is 1.48 bits per heavy atom. The predicted molar refractivity (Wildman–Crippen MR) is 80.5 cm³/mol. The Bertz CT molecular complexity index is 696. The Morgan fingerprint density at radius 3 is 2.74 bits per heavy atom. The van der Waals surface area contributed by atoms with Crippen LogP contribution in [-0.4, -0.2) is 48.3 Å². The van der Waals surface area contributed by atoms with Crippen molar-refractivity contribution in [3.05, 3.63) is 17.9 Å². The number of furan rings is 1. The fourth-order valence-electron chi connectivity index (χ4n) is 2.42. The van der Waals surface area contributed by atoms with Gasteiger partial charge < -0.3 is 14.8 Å². The molecule has 1 aliphatic heterocycles. The number of sulfonamides is 1. The maximum atomic E-state index is 12.6. The molecule has 2 N–H and O–H groups in total. The largest absolute Gasteiger partial charge is 0.475 e. The third-order valence-corrected chi connectivity index (χ3v) is 5.64. The maximum absolute atomic E-state index is 12.6. The van der Waals surface area contributed by atoms with Crippen LogP contribution in [0.4, 0.5) is 0 Å². The summed E-state index contributed by atoms with van der Waals surface area (Å²) >= 11 is 0. The minimum absolute atomic E-state index is 0.0464. The van der Waals surface area contributed by atoms with E-state index in [2.05, 4.69) is 5.32 Å². The van der Waals surface area contributed by atoms with Crippen LogP contribution >= 0.6 is 0 Å². The second-order valence-electron chi connectivity index (χ2n) is 5.52. The van der Waals surface area contributed by atoms with Crippen molar-refractivity contribution in [3.63, 3.8) is 0 Å². The van der Waals surface area contributed by atoms with Crippen LogP contribution < -0.4 is 5.32 Å². The fourth-order valence-corrected chi connectivity index (χ4v) is 3.99. The van der Waals surface area contributed by atoms with Crippen molar-refractivity contribution in [2.45, 2.75) is 50.3 Å². The first kappa shape index (κ1) is 17.5. The SMILES string of the molecule is CCC(C)NC(=O)C1CCCN1S(=O)(=O)c1ccc(C(=O)O)o1. The number of rotatable bonds is 6. The van der Waals surface area contributed by atoms with Crippen molar-refractivity contribution in [1.29, 1.82) is 0 Å². The molecule has 1 saturated heterocycles. The van der Waals surface area contributed by atoms with Gasteiger partial charge in [-0.25, -0.2) is 13.2 Å². The van der Waals surface area contributed by atoms with Crippen LogP contribution in [0.3, 0.4) is 0 Å². The summed E-state index contributed by atoms with van der Waals surface area (Å²) in [6, 6.07) is 1.34. The minimum Gasteiger partial charge on any atom is -0.475 e. The summed E-state index contributed by atoms with van der Waals surface area (Å²) in [5, 5.41) is 11.1. The monoisotopic (exact) mass is 344 g/mol. The van der Waals surface area contributed by atoms with Crippen molar-refractivity contribution in [2.24, 2.45) is 0 Å². The lowest BCUT2D eigenvalue weighted by molar-refractivity contribution is -0.124. The summed E-state index contributed by atoms with van der Waals surface area (Å²) < 4.78 is 31.2. The van der Waals surface area contributed by atoms with E-state index in [4.69, 9.17) is 9.52 Å². The molecule has 8 nitrogen and oxygen atoms in total. The van der Waals surface area contributed by atoms with Gasteiger partial charge in [-0.1, -0.05) is 6.92 Å².